The van der Waals surface area contributed by atoms with E-state index in [0.717, 1.165) is 42.9 Å². The van der Waals surface area contributed by atoms with Crippen molar-refractivity contribution >= 4 is 17.0 Å². The molecule has 0 N–H and O–H groups in total. The minimum absolute atomic E-state index is 0.0114. The molecule has 0 radical (unpaired) electrons. The third-order valence-corrected chi connectivity index (χ3v) is 5.77. The first-order valence-electron chi connectivity index (χ1n) is 10.2. The topological polar surface area (TPSA) is 64.2 Å². The molecule has 1 aromatic carbocycles. The van der Waals surface area contributed by atoms with E-state index >= 15 is 0 Å². The molecule has 0 aliphatic heterocycles. The largest absolute Gasteiger partial charge is 0.440 e. The summed E-state index contributed by atoms with van der Waals surface area (Å²) < 4.78 is 8.05. The number of fused-ring (bicyclic) bond motifs is 1. The zero-order chi connectivity index (χ0) is 19.5. The molecule has 3 aromatic rings. The maximum Gasteiger partial charge on any atom is 0.253 e. The smallest absolute Gasteiger partial charge is 0.253 e. The van der Waals surface area contributed by atoms with Crippen LogP contribution in [0.4, 0.5) is 0 Å². The molecular weight excluding hydrogens is 352 g/mol. The summed E-state index contributed by atoms with van der Waals surface area (Å²) in [4.78, 5) is 23.6. The van der Waals surface area contributed by atoms with E-state index in [1.165, 1.54) is 19.3 Å². The van der Waals surface area contributed by atoms with Crippen molar-refractivity contribution in [1.82, 2.24) is 19.4 Å². The van der Waals surface area contributed by atoms with Crippen LogP contribution in [0.2, 0.25) is 0 Å². The van der Waals surface area contributed by atoms with Crippen molar-refractivity contribution in [3.05, 3.63) is 47.9 Å². The number of benzene rings is 1. The van der Waals surface area contributed by atoms with Crippen LogP contribution in [0.15, 0.2) is 35.0 Å². The minimum Gasteiger partial charge on any atom is -0.440 e. The number of nitrogens with zero attached hydrogens (tertiary/aromatic N) is 4. The summed E-state index contributed by atoms with van der Waals surface area (Å²) in [5.74, 6) is 2.31. The van der Waals surface area contributed by atoms with E-state index in [9.17, 15) is 4.79 Å². The molecule has 0 unspecified atom stereocenters. The molecule has 1 saturated carbocycles. The Morgan fingerprint density at radius 1 is 1.29 bits per heavy atom. The Morgan fingerprint density at radius 2 is 2.11 bits per heavy atom. The van der Waals surface area contributed by atoms with Gasteiger partial charge in [-0.3, -0.25) is 4.79 Å². The van der Waals surface area contributed by atoms with Crippen LogP contribution < -0.4 is 0 Å². The molecule has 1 aliphatic rings. The maximum atomic E-state index is 12.8. The van der Waals surface area contributed by atoms with Crippen LogP contribution in [0.25, 0.3) is 11.1 Å². The lowest BCUT2D eigenvalue weighted by atomic mass is 9.89. The molecule has 1 amide bonds. The summed E-state index contributed by atoms with van der Waals surface area (Å²) in [5, 5.41) is 0. The summed E-state index contributed by atoms with van der Waals surface area (Å²) in [6.07, 6.45) is 11.6. The highest BCUT2D eigenvalue weighted by molar-refractivity contribution is 5.96. The van der Waals surface area contributed by atoms with Gasteiger partial charge in [-0.1, -0.05) is 19.3 Å². The van der Waals surface area contributed by atoms with Crippen LogP contribution in [-0.4, -0.2) is 38.9 Å². The molecular formula is C22H28N4O2. The summed E-state index contributed by atoms with van der Waals surface area (Å²) >= 11 is 0. The summed E-state index contributed by atoms with van der Waals surface area (Å²) in [7, 11) is 3.84. The van der Waals surface area contributed by atoms with E-state index < -0.39 is 0 Å². The molecule has 4 rings (SSSR count). The quantitative estimate of drug-likeness (QED) is 0.639. The van der Waals surface area contributed by atoms with Crippen molar-refractivity contribution < 1.29 is 9.21 Å². The highest BCUT2D eigenvalue weighted by Gasteiger charge is 2.21. The Morgan fingerprint density at radius 3 is 2.86 bits per heavy atom. The Hall–Kier alpha value is -2.63. The highest BCUT2D eigenvalue weighted by atomic mass is 16.3. The van der Waals surface area contributed by atoms with Gasteiger partial charge in [0.25, 0.3) is 5.91 Å². The Labute approximate surface area is 165 Å². The maximum absolute atomic E-state index is 12.8. The molecule has 1 fully saturated rings. The number of rotatable bonds is 6. The van der Waals surface area contributed by atoms with Crippen molar-refractivity contribution in [2.75, 3.05) is 13.6 Å². The first-order valence-corrected chi connectivity index (χ1v) is 10.2. The monoisotopic (exact) mass is 380 g/mol. The van der Waals surface area contributed by atoms with Gasteiger partial charge in [-0.2, -0.15) is 0 Å². The normalized spacial score (nSPS) is 15.2. The van der Waals surface area contributed by atoms with E-state index in [1.807, 2.05) is 43.1 Å². The van der Waals surface area contributed by atoms with Gasteiger partial charge in [0.2, 0.25) is 0 Å². The molecule has 6 nitrogen and oxygen atoms in total. The van der Waals surface area contributed by atoms with Gasteiger partial charge in [0.1, 0.15) is 11.3 Å². The summed E-state index contributed by atoms with van der Waals surface area (Å²) in [6.45, 7) is 0.688. The van der Waals surface area contributed by atoms with Crippen LogP contribution in [0.1, 0.15) is 66.5 Å². The van der Waals surface area contributed by atoms with Gasteiger partial charge < -0.3 is 13.9 Å². The average Bonchev–Trinajstić information content (AvgIpc) is 3.33. The van der Waals surface area contributed by atoms with Crippen molar-refractivity contribution in [3.63, 3.8) is 0 Å². The number of aromatic nitrogens is 3. The van der Waals surface area contributed by atoms with Crippen LogP contribution in [0.3, 0.4) is 0 Å². The van der Waals surface area contributed by atoms with E-state index in [0.29, 0.717) is 23.6 Å². The molecule has 0 atom stereocenters. The van der Waals surface area contributed by atoms with Gasteiger partial charge >= 0.3 is 0 Å². The van der Waals surface area contributed by atoms with Crippen LogP contribution in [-0.2, 0) is 13.5 Å². The fraction of sp³-hybridized carbons (Fsp3) is 0.500. The fourth-order valence-electron chi connectivity index (χ4n) is 4.03. The van der Waals surface area contributed by atoms with Gasteiger partial charge in [-0.25, -0.2) is 9.97 Å². The predicted octanol–water partition coefficient (Wildman–Crippen LogP) is 4.31. The van der Waals surface area contributed by atoms with Gasteiger partial charge in [0.15, 0.2) is 11.5 Å². The van der Waals surface area contributed by atoms with Gasteiger partial charge in [-0.05, 0) is 37.5 Å². The van der Waals surface area contributed by atoms with Crippen LogP contribution >= 0.6 is 0 Å². The minimum atomic E-state index is 0.0114. The predicted molar refractivity (Wildman–Crippen MR) is 108 cm³/mol. The molecule has 0 bridgehead atoms. The average molecular weight is 380 g/mol. The lowest BCUT2D eigenvalue weighted by molar-refractivity contribution is 0.0793. The Bertz CT molecular complexity index is 953. The Kier molecular flexibility index (Phi) is 5.46. The first kappa shape index (κ1) is 18.7. The van der Waals surface area contributed by atoms with E-state index in [-0.39, 0.29) is 5.91 Å². The zero-order valence-corrected chi connectivity index (χ0v) is 16.7. The number of imidazole rings is 1. The number of hydrogen-bond donors (Lipinski definition) is 0. The Balaban J connectivity index is 1.40. The molecule has 28 heavy (non-hydrogen) atoms. The van der Waals surface area contributed by atoms with E-state index in [4.69, 9.17) is 4.42 Å². The van der Waals surface area contributed by atoms with Gasteiger partial charge in [0.05, 0.1) is 0 Å². The number of carbonyl (C=O) groups is 1. The van der Waals surface area contributed by atoms with Gasteiger partial charge in [-0.15, -0.1) is 0 Å². The van der Waals surface area contributed by atoms with Crippen molar-refractivity contribution in [3.8, 4) is 0 Å². The second-order valence-electron chi connectivity index (χ2n) is 7.85. The highest BCUT2D eigenvalue weighted by Crippen LogP contribution is 2.33. The van der Waals surface area contributed by atoms with E-state index in [2.05, 4.69) is 9.97 Å². The molecule has 0 spiro atoms. The van der Waals surface area contributed by atoms with Crippen LogP contribution in [0, 0.1) is 0 Å². The molecule has 2 aromatic heterocycles. The molecule has 148 valence electrons. The number of oxazole rings is 1. The van der Waals surface area contributed by atoms with Gasteiger partial charge in [0, 0.05) is 50.9 Å². The molecule has 6 heteroatoms. The molecule has 1 aliphatic carbocycles. The lowest BCUT2D eigenvalue weighted by Gasteiger charge is -2.17. The third-order valence-electron chi connectivity index (χ3n) is 5.77. The number of carbonyl (C=O) groups excluding carboxylic acids is 1. The SMILES string of the molecule is CN(CCCc1nccn1C)C(=O)c1ccc2nc(C3CCCCC3)oc2c1. The standard InChI is InChI=1S/C22H28N4O2/c1-25-14-12-23-20(25)9-6-13-26(2)22(27)17-10-11-18-19(15-17)28-21(24-18)16-7-4-3-5-8-16/h10-12,14-16H,3-9,13H2,1-2H3. The van der Waals surface area contributed by atoms with Crippen molar-refractivity contribution in [2.24, 2.45) is 7.05 Å². The molecule has 2 heterocycles. The molecule has 0 saturated heterocycles. The fourth-order valence-corrected chi connectivity index (χ4v) is 4.03. The second kappa shape index (κ2) is 8.17. The number of amides is 1. The number of aryl methyl sites for hydroxylation is 2. The van der Waals surface area contributed by atoms with Crippen molar-refractivity contribution in [1.29, 1.82) is 0 Å². The number of hydrogen-bond acceptors (Lipinski definition) is 4. The first-order chi connectivity index (χ1) is 13.6. The summed E-state index contributed by atoms with van der Waals surface area (Å²) in [6, 6.07) is 5.60. The zero-order valence-electron chi connectivity index (χ0n) is 16.7. The summed E-state index contributed by atoms with van der Waals surface area (Å²) in [5.41, 5.74) is 2.21. The van der Waals surface area contributed by atoms with E-state index in [1.54, 1.807) is 11.1 Å². The third kappa shape index (κ3) is 3.96. The van der Waals surface area contributed by atoms with Crippen molar-refractivity contribution in [2.45, 2.75) is 50.9 Å². The lowest BCUT2D eigenvalue weighted by Crippen LogP contribution is -2.28. The van der Waals surface area contributed by atoms with Crippen LogP contribution in [0.5, 0.6) is 0 Å². The second-order valence-corrected chi connectivity index (χ2v) is 7.85.